The zero-order valence-corrected chi connectivity index (χ0v) is 15.6. The maximum atomic E-state index is 10.2. The van der Waals surface area contributed by atoms with Gasteiger partial charge < -0.3 is 10.2 Å². The van der Waals surface area contributed by atoms with Crippen LogP contribution in [0, 0.1) is 33.6 Å². The molecular weight excluding hydrogens is 308 g/mol. The molecular formula is C23H28O2. The van der Waals surface area contributed by atoms with Crippen LogP contribution < -0.4 is 0 Å². The molecule has 3 rings (SSSR count). The Morgan fingerprint density at radius 2 is 1.20 bits per heavy atom. The number of phenols is 2. The minimum atomic E-state index is 0.279. The van der Waals surface area contributed by atoms with E-state index in [9.17, 15) is 10.2 Å². The number of benzene rings is 2. The van der Waals surface area contributed by atoms with E-state index in [-0.39, 0.29) is 5.92 Å². The Morgan fingerprint density at radius 3 is 1.56 bits per heavy atom. The maximum Gasteiger partial charge on any atom is 0.121 e. The van der Waals surface area contributed by atoms with Crippen molar-refractivity contribution in [2.75, 3.05) is 0 Å². The molecule has 0 fully saturated rings. The molecule has 1 aliphatic rings. The lowest BCUT2D eigenvalue weighted by molar-refractivity contribution is 0.425. The first kappa shape index (κ1) is 17.6. The largest absolute Gasteiger partial charge is 0.507 e. The predicted molar refractivity (Wildman–Crippen MR) is 103 cm³/mol. The fourth-order valence-corrected chi connectivity index (χ4v) is 4.19. The molecule has 132 valence electrons. The molecule has 25 heavy (non-hydrogen) atoms. The number of hydrogen-bond donors (Lipinski definition) is 2. The molecule has 2 heteroatoms. The zero-order chi connectivity index (χ0) is 18.1. The van der Waals surface area contributed by atoms with Crippen molar-refractivity contribution in [1.82, 2.24) is 0 Å². The van der Waals surface area contributed by atoms with Crippen LogP contribution in [0.1, 0.15) is 58.6 Å². The van der Waals surface area contributed by atoms with Gasteiger partial charge in [0, 0.05) is 5.92 Å². The van der Waals surface area contributed by atoms with E-state index < -0.39 is 0 Å². The highest BCUT2D eigenvalue weighted by atomic mass is 16.3. The maximum absolute atomic E-state index is 10.2. The molecule has 0 aromatic heterocycles. The van der Waals surface area contributed by atoms with Crippen molar-refractivity contribution < 1.29 is 10.2 Å². The smallest absolute Gasteiger partial charge is 0.121 e. The van der Waals surface area contributed by atoms with Crippen LogP contribution in [-0.4, -0.2) is 10.2 Å². The van der Waals surface area contributed by atoms with Crippen molar-refractivity contribution in [3.05, 3.63) is 69.8 Å². The average molecular weight is 336 g/mol. The third kappa shape index (κ3) is 3.44. The lowest BCUT2D eigenvalue weighted by Gasteiger charge is -2.30. The molecule has 1 unspecified atom stereocenters. The van der Waals surface area contributed by atoms with Gasteiger partial charge in [0.25, 0.3) is 0 Å². The minimum Gasteiger partial charge on any atom is -0.507 e. The van der Waals surface area contributed by atoms with Gasteiger partial charge in [-0.05, 0) is 86.3 Å². The first-order valence-corrected chi connectivity index (χ1v) is 9.13. The fraction of sp³-hybridized carbons (Fsp3) is 0.391. The van der Waals surface area contributed by atoms with Crippen LogP contribution in [0.4, 0.5) is 0 Å². The lowest BCUT2D eigenvalue weighted by atomic mass is 9.74. The summed E-state index contributed by atoms with van der Waals surface area (Å²) < 4.78 is 0. The van der Waals surface area contributed by atoms with Crippen molar-refractivity contribution in [2.45, 2.75) is 52.9 Å². The topological polar surface area (TPSA) is 40.5 Å². The Labute approximate surface area is 150 Å². The molecule has 2 nitrogen and oxygen atoms in total. The summed E-state index contributed by atoms with van der Waals surface area (Å²) in [5, 5.41) is 20.3. The van der Waals surface area contributed by atoms with Crippen LogP contribution in [0.5, 0.6) is 11.5 Å². The highest BCUT2D eigenvalue weighted by Gasteiger charge is 2.27. The number of phenolic OH excluding ortho intramolecular Hbond substituents is 2. The van der Waals surface area contributed by atoms with Crippen molar-refractivity contribution in [3.8, 4) is 11.5 Å². The SMILES string of the molecule is Cc1cc(C(c2cc(C)c(O)c(C)c2)C2CC=CCC2)cc(C)c1O. The summed E-state index contributed by atoms with van der Waals surface area (Å²) in [4.78, 5) is 0. The number of allylic oxidation sites excluding steroid dienone is 2. The van der Waals surface area contributed by atoms with Gasteiger partial charge in [0.1, 0.15) is 11.5 Å². The van der Waals surface area contributed by atoms with E-state index in [0.717, 1.165) is 35.1 Å². The van der Waals surface area contributed by atoms with Gasteiger partial charge in [-0.2, -0.15) is 0 Å². The molecule has 1 aliphatic carbocycles. The number of aromatic hydroxyl groups is 2. The Hall–Kier alpha value is -2.22. The highest BCUT2D eigenvalue weighted by Crippen LogP contribution is 2.42. The Kier molecular flexibility index (Phi) is 4.89. The molecule has 0 bridgehead atoms. The van der Waals surface area contributed by atoms with Gasteiger partial charge >= 0.3 is 0 Å². The van der Waals surface area contributed by atoms with E-state index in [1.54, 1.807) is 0 Å². The second-order valence-electron chi connectivity index (χ2n) is 7.53. The van der Waals surface area contributed by atoms with Crippen LogP contribution >= 0.6 is 0 Å². The number of aryl methyl sites for hydroxylation is 4. The van der Waals surface area contributed by atoms with Crippen molar-refractivity contribution in [3.63, 3.8) is 0 Å². The van der Waals surface area contributed by atoms with Gasteiger partial charge in [0.05, 0.1) is 0 Å². The molecule has 0 amide bonds. The third-order valence-electron chi connectivity index (χ3n) is 5.53. The Bertz CT molecular complexity index is 713. The molecule has 2 aromatic rings. The molecule has 0 heterocycles. The fourth-order valence-electron chi connectivity index (χ4n) is 4.19. The number of rotatable bonds is 3. The van der Waals surface area contributed by atoms with Crippen LogP contribution in [-0.2, 0) is 0 Å². The molecule has 0 radical (unpaired) electrons. The van der Waals surface area contributed by atoms with Crippen molar-refractivity contribution >= 4 is 0 Å². The number of hydrogen-bond acceptors (Lipinski definition) is 2. The Balaban J connectivity index is 2.15. The molecule has 2 aromatic carbocycles. The molecule has 1 atom stereocenters. The van der Waals surface area contributed by atoms with Gasteiger partial charge in [-0.1, -0.05) is 36.4 Å². The van der Waals surface area contributed by atoms with Crippen LogP contribution in [0.25, 0.3) is 0 Å². The summed E-state index contributed by atoms with van der Waals surface area (Å²) in [6.07, 6.45) is 7.92. The van der Waals surface area contributed by atoms with E-state index in [2.05, 4.69) is 36.4 Å². The minimum absolute atomic E-state index is 0.279. The van der Waals surface area contributed by atoms with Crippen molar-refractivity contribution in [1.29, 1.82) is 0 Å². The van der Waals surface area contributed by atoms with E-state index in [1.165, 1.54) is 17.5 Å². The summed E-state index contributed by atoms with van der Waals surface area (Å²) in [6, 6.07) is 8.51. The summed E-state index contributed by atoms with van der Waals surface area (Å²) >= 11 is 0. The van der Waals surface area contributed by atoms with Gasteiger partial charge in [-0.15, -0.1) is 0 Å². The second kappa shape index (κ2) is 6.95. The molecule has 0 aliphatic heterocycles. The average Bonchev–Trinajstić information content (AvgIpc) is 2.58. The summed E-state index contributed by atoms with van der Waals surface area (Å²) in [5.41, 5.74) is 6.24. The van der Waals surface area contributed by atoms with Crippen molar-refractivity contribution in [2.24, 2.45) is 5.92 Å². The summed E-state index contributed by atoms with van der Waals surface area (Å²) in [7, 11) is 0. The first-order valence-electron chi connectivity index (χ1n) is 9.13. The second-order valence-corrected chi connectivity index (χ2v) is 7.53. The quantitative estimate of drug-likeness (QED) is 0.693. The standard InChI is InChI=1S/C23H28O2/c1-14-10-19(11-15(2)22(14)24)21(18-8-6-5-7-9-18)20-12-16(3)23(25)17(4)13-20/h5-6,10-13,18,21,24-25H,7-9H2,1-4H3. The highest BCUT2D eigenvalue weighted by molar-refractivity contribution is 5.49. The van der Waals surface area contributed by atoms with Gasteiger partial charge in [0.15, 0.2) is 0 Å². The van der Waals surface area contributed by atoms with Gasteiger partial charge in [-0.25, -0.2) is 0 Å². The van der Waals surface area contributed by atoms with E-state index in [4.69, 9.17) is 0 Å². The van der Waals surface area contributed by atoms with E-state index in [1.807, 2.05) is 27.7 Å². The van der Waals surface area contributed by atoms with Gasteiger partial charge in [0.2, 0.25) is 0 Å². The molecule has 0 saturated carbocycles. The molecule has 0 spiro atoms. The summed E-state index contributed by atoms with van der Waals surface area (Å²) in [6.45, 7) is 7.88. The van der Waals surface area contributed by atoms with Gasteiger partial charge in [-0.3, -0.25) is 0 Å². The first-order chi connectivity index (χ1) is 11.9. The van der Waals surface area contributed by atoms with Crippen LogP contribution in [0.2, 0.25) is 0 Å². The van der Waals surface area contributed by atoms with Crippen LogP contribution in [0.3, 0.4) is 0 Å². The zero-order valence-electron chi connectivity index (χ0n) is 15.6. The Morgan fingerprint density at radius 1 is 0.760 bits per heavy atom. The predicted octanol–water partition coefficient (Wildman–Crippen LogP) is 5.82. The summed E-state index contributed by atoms with van der Waals surface area (Å²) in [5.74, 6) is 1.60. The van der Waals surface area contributed by atoms with E-state index >= 15 is 0 Å². The normalized spacial score (nSPS) is 17.2. The lowest BCUT2D eigenvalue weighted by Crippen LogP contribution is -2.16. The van der Waals surface area contributed by atoms with E-state index in [0.29, 0.717) is 17.4 Å². The van der Waals surface area contributed by atoms with Crippen LogP contribution in [0.15, 0.2) is 36.4 Å². The molecule has 2 N–H and O–H groups in total. The third-order valence-corrected chi connectivity index (χ3v) is 5.53. The monoisotopic (exact) mass is 336 g/mol. The molecule has 0 saturated heterocycles.